The molecule has 0 amide bonds. The Labute approximate surface area is 78.4 Å². The van der Waals surface area contributed by atoms with Gasteiger partial charge in [-0.2, -0.15) is 0 Å². The van der Waals surface area contributed by atoms with Crippen molar-refractivity contribution in [3.63, 3.8) is 0 Å². The van der Waals surface area contributed by atoms with Crippen LogP contribution in [0.15, 0.2) is 18.2 Å². The van der Waals surface area contributed by atoms with E-state index in [0.717, 1.165) is 0 Å². The fourth-order valence-corrected chi connectivity index (χ4v) is 1.13. The van der Waals surface area contributed by atoms with Gasteiger partial charge in [0.1, 0.15) is 0 Å². The highest BCUT2D eigenvalue weighted by Crippen LogP contribution is 2.26. The van der Waals surface area contributed by atoms with Crippen molar-refractivity contribution in [1.29, 1.82) is 0 Å². The van der Waals surface area contributed by atoms with E-state index in [1.54, 1.807) is 0 Å². The van der Waals surface area contributed by atoms with Crippen LogP contribution < -0.4 is 4.84 Å². The Kier molecular flexibility index (Phi) is 2.73. The monoisotopic (exact) mass is 206 g/mol. The number of hydrogen-bond acceptors (Lipinski definition) is 3. The van der Waals surface area contributed by atoms with Crippen LogP contribution in [0.1, 0.15) is 0 Å². The molecule has 64 valence electrons. The van der Waals surface area contributed by atoms with Crippen LogP contribution in [0.4, 0.5) is 11.4 Å². The molecule has 0 spiro atoms. The topological polar surface area (TPSA) is 55.2 Å². The van der Waals surface area contributed by atoms with E-state index in [2.05, 4.69) is 4.84 Å². The van der Waals surface area contributed by atoms with E-state index in [-0.39, 0.29) is 10.7 Å². The quantitative estimate of drug-likeness (QED) is 0.460. The first-order valence-electron chi connectivity index (χ1n) is 2.95. The van der Waals surface area contributed by atoms with E-state index < -0.39 is 4.92 Å². The van der Waals surface area contributed by atoms with Crippen molar-refractivity contribution in [2.45, 2.75) is 0 Å². The second-order valence-electron chi connectivity index (χ2n) is 2.02. The SMILES string of the molecule is O=[N+]([O-])c1ccc(NCl)c(Cl)c1. The van der Waals surface area contributed by atoms with Gasteiger partial charge in [0.2, 0.25) is 0 Å². The Morgan fingerprint density at radius 1 is 1.50 bits per heavy atom. The van der Waals surface area contributed by atoms with Crippen LogP contribution in [0.3, 0.4) is 0 Å². The molecule has 0 aliphatic heterocycles. The average molecular weight is 207 g/mol. The Morgan fingerprint density at radius 2 is 2.17 bits per heavy atom. The van der Waals surface area contributed by atoms with Gasteiger partial charge in [0.05, 0.1) is 15.6 Å². The number of halogens is 2. The summed E-state index contributed by atoms with van der Waals surface area (Å²) in [7, 11) is 0. The Morgan fingerprint density at radius 3 is 2.58 bits per heavy atom. The van der Waals surface area contributed by atoms with Gasteiger partial charge in [-0.1, -0.05) is 11.6 Å². The van der Waals surface area contributed by atoms with Crippen molar-refractivity contribution in [2.75, 3.05) is 4.84 Å². The average Bonchev–Trinajstić information content (AvgIpc) is 2.04. The van der Waals surface area contributed by atoms with E-state index in [1.807, 2.05) is 0 Å². The zero-order valence-electron chi connectivity index (χ0n) is 5.75. The first kappa shape index (κ1) is 9.09. The number of rotatable bonds is 2. The van der Waals surface area contributed by atoms with E-state index >= 15 is 0 Å². The molecule has 0 fully saturated rings. The highest BCUT2D eigenvalue weighted by atomic mass is 35.5. The molecule has 0 saturated carbocycles. The van der Waals surface area contributed by atoms with Gasteiger partial charge >= 0.3 is 0 Å². The van der Waals surface area contributed by atoms with Gasteiger partial charge in [-0.25, -0.2) is 0 Å². The molecule has 0 radical (unpaired) electrons. The molecule has 0 atom stereocenters. The van der Waals surface area contributed by atoms with E-state index in [1.165, 1.54) is 18.2 Å². The minimum Gasteiger partial charge on any atom is -0.297 e. The number of nitro groups is 1. The minimum atomic E-state index is -0.524. The van der Waals surface area contributed by atoms with Crippen molar-refractivity contribution in [3.8, 4) is 0 Å². The molecule has 0 bridgehead atoms. The van der Waals surface area contributed by atoms with Gasteiger partial charge in [0.15, 0.2) is 0 Å². The van der Waals surface area contributed by atoms with Crippen LogP contribution in [0.5, 0.6) is 0 Å². The largest absolute Gasteiger partial charge is 0.297 e. The Balaban J connectivity index is 3.10. The Hall–Kier alpha value is -1.00. The van der Waals surface area contributed by atoms with Crippen LogP contribution in [0, 0.1) is 10.1 Å². The number of nitrogens with one attached hydrogen (secondary N) is 1. The molecule has 1 N–H and O–H groups in total. The Bertz CT molecular complexity index is 316. The van der Waals surface area contributed by atoms with Crippen LogP contribution in [0.2, 0.25) is 5.02 Å². The number of non-ortho nitro benzene ring substituents is 1. The van der Waals surface area contributed by atoms with Crippen molar-refractivity contribution in [3.05, 3.63) is 33.3 Å². The number of nitro benzene ring substituents is 1. The third-order valence-electron chi connectivity index (χ3n) is 1.27. The molecule has 0 aromatic heterocycles. The lowest BCUT2D eigenvalue weighted by molar-refractivity contribution is -0.384. The summed E-state index contributed by atoms with van der Waals surface area (Å²) in [6.07, 6.45) is 0. The first-order chi connectivity index (χ1) is 5.65. The molecule has 0 aliphatic carbocycles. The lowest BCUT2D eigenvalue weighted by Crippen LogP contribution is -1.88. The summed E-state index contributed by atoms with van der Waals surface area (Å²) in [5.74, 6) is 0. The molecular formula is C6H4Cl2N2O2. The van der Waals surface area contributed by atoms with E-state index in [9.17, 15) is 10.1 Å². The van der Waals surface area contributed by atoms with Gasteiger partial charge in [-0.05, 0) is 6.07 Å². The third kappa shape index (κ3) is 1.78. The molecular weight excluding hydrogens is 203 g/mol. The molecule has 0 unspecified atom stereocenters. The highest BCUT2D eigenvalue weighted by Gasteiger charge is 2.07. The molecule has 4 nitrogen and oxygen atoms in total. The highest BCUT2D eigenvalue weighted by molar-refractivity contribution is 6.35. The van der Waals surface area contributed by atoms with Gasteiger partial charge in [-0.3, -0.25) is 15.0 Å². The van der Waals surface area contributed by atoms with Crippen molar-refractivity contribution < 1.29 is 4.92 Å². The molecule has 1 aromatic carbocycles. The van der Waals surface area contributed by atoms with E-state index in [0.29, 0.717) is 5.69 Å². The normalized spacial score (nSPS) is 9.50. The predicted octanol–water partition coefficient (Wildman–Crippen LogP) is 2.81. The van der Waals surface area contributed by atoms with Crippen LogP contribution in [0.25, 0.3) is 0 Å². The smallest absolute Gasteiger partial charge is 0.271 e. The lowest BCUT2D eigenvalue weighted by Gasteiger charge is -1.99. The molecule has 6 heteroatoms. The van der Waals surface area contributed by atoms with Crippen LogP contribution in [-0.2, 0) is 0 Å². The summed E-state index contributed by atoms with van der Waals surface area (Å²) in [5.41, 5.74) is 0.389. The summed E-state index contributed by atoms with van der Waals surface area (Å²) >= 11 is 10.9. The number of anilines is 1. The molecule has 1 aromatic rings. The first-order valence-corrected chi connectivity index (χ1v) is 3.71. The zero-order chi connectivity index (χ0) is 9.14. The molecule has 0 saturated heterocycles. The number of benzene rings is 1. The maximum Gasteiger partial charge on any atom is 0.271 e. The maximum absolute atomic E-state index is 10.2. The fraction of sp³-hybridized carbons (Fsp3) is 0. The van der Waals surface area contributed by atoms with Crippen molar-refractivity contribution in [2.24, 2.45) is 0 Å². The van der Waals surface area contributed by atoms with Gasteiger partial charge in [0.25, 0.3) is 5.69 Å². The second-order valence-corrected chi connectivity index (χ2v) is 2.61. The standard InChI is InChI=1S/C6H4Cl2N2O2/c7-5-3-4(10(11)12)1-2-6(5)9-8/h1-3,9H. The number of hydrogen-bond donors (Lipinski definition) is 1. The summed E-state index contributed by atoms with van der Waals surface area (Å²) in [4.78, 5) is 12.0. The van der Waals surface area contributed by atoms with E-state index in [4.69, 9.17) is 23.4 Å². The van der Waals surface area contributed by atoms with Gasteiger partial charge < -0.3 is 0 Å². The summed E-state index contributed by atoms with van der Waals surface area (Å²) in [6, 6.07) is 3.98. The lowest BCUT2D eigenvalue weighted by atomic mass is 10.3. The van der Waals surface area contributed by atoms with Crippen LogP contribution >= 0.6 is 23.4 Å². The molecule has 0 aliphatic rings. The zero-order valence-corrected chi connectivity index (χ0v) is 7.26. The maximum atomic E-state index is 10.2. The fourth-order valence-electron chi connectivity index (χ4n) is 0.694. The van der Waals surface area contributed by atoms with Crippen molar-refractivity contribution >= 4 is 34.8 Å². The molecule has 1 rings (SSSR count). The van der Waals surface area contributed by atoms with Crippen molar-refractivity contribution in [1.82, 2.24) is 0 Å². The van der Waals surface area contributed by atoms with Gasteiger partial charge in [-0.15, -0.1) is 0 Å². The number of nitrogens with zero attached hydrogens (tertiary/aromatic N) is 1. The molecule has 12 heavy (non-hydrogen) atoms. The van der Waals surface area contributed by atoms with Gasteiger partial charge in [0, 0.05) is 23.9 Å². The van der Waals surface area contributed by atoms with Crippen LogP contribution in [-0.4, -0.2) is 4.92 Å². The summed E-state index contributed by atoms with van der Waals surface area (Å²) in [5, 5.41) is 10.5. The molecule has 0 heterocycles. The predicted molar refractivity (Wildman–Crippen MR) is 47.6 cm³/mol. The minimum absolute atomic E-state index is 0.0596. The second kappa shape index (κ2) is 3.60. The summed E-state index contributed by atoms with van der Waals surface area (Å²) in [6.45, 7) is 0. The summed E-state index contributed by atoms with van der Waals surface area (Å²) < 4.78 is 0. The third-order valence-corrected chi connectivity index (χ3v) is 1.78.